The third-order valence-electron chi connectivity index (χ3n) is 5.36. The predicted octanol–water partition coefficient (Wildman–Crippen LogP) is 2.44. The predicted molar refractivity (Wildman–Crippen MR) is 106 cm³/mol. The van der Waals surface area contributed by atoms with E-state index in [9.17, 15) is 14.0 Å². The minimum absolute atomic E-state index is 0.177. The Bertz CT molecular complexity index is 1040. The minimum Gasteiger partial charge on any atom is -0.359 e. The van der Waals surface area contributed by atoms with Crippen molar-refractivity contribution in [3.8, 4) is 5.69 Å². The number of halogens is 1. The van der Waals surface area contributed by atoms with Crippen LogP contribution in [0.3, 0.4) is 0 Å². The molecule has 0 bridgehead atoms. The molecule has 2 amide bonds. The van der Waals surface area contributed by atoms with E-state index < -0.39 is 5.41 Å². The number of hydrogen-bond donors (Lipinski definition) is 1. The zero-order valence-corrected chi connectivity index (χ0v) is 16.0. The number of para-hydroxylation sites is 1. The monoisotopic (exact) mass is 392 g/mol. The van der Waals surface area contributed by atoms with E-state index in [1.165, 1.54) is 6.07 Å². The highest BCUT2D eigenvalue weighted by Crippen LogP contribution is 2.36. The molecule has 6 nitrogen and oxygen atoms in total. The quantitative estimate of drug-likeness (QED) is 0.725. The molecule has 1 aromatic heterocycles. The van der Waals surface area contributed by atoms with Crippen LogP contribution in [0.2, 0.25) is 0 Å². The van der Waals surface area contributed by atoms with E-state index in [0.29, 0.717) is 16.8 Å². The molecule has 1 fully saturated rings. The van der Waals surface area contributed by atoms with Gasteiger partial charge in [-0.2, -0.15) is 5.10 Å². The van der Waals surface area contributed by atoms with Crippen molar-refractivity contribution in [3.05, 3.63) is 83.9 Å². The molecule has 1 aliphatic heterocycles. The lowest BCUT2D eigenvalue weighted by Gasteiger charge is -2.49. The van der Waals surface area contributed by atoms with Crippen molar-refractivity contribution in [2.45, 2.75) is 6.42 Å². The molecular weight excluding hydrogens is 371 g/mol. The molecule has 0 spiro atoms. The molecule has 0 aliphatic carbocycles. The first kappa shape index (κ1) is 18.9. The zero-order valence-electron chi connectivity index (χ0n) is 16.0. The largest absolute Gasteiger partial charge is 0.359 e. The summed E-state index contributed by atoms with van der Waals surface area (Å²) in [5.74, 6) is -0.709. The molecule has 2 aromatic carbocycles. The lowest BCUT2D eigenvalue weighted by molar-refractivity contribution is -0.138. The second kappa shape index (κ2) is 7.50. The summed E-state index contributed by atoms with van der Waals surface area (Å²) in [5, 5.41) is 6.88. The summed E-state index contributed by atoms with van der Waals surface area (Å²) in [5.41, 5.74) is 0.814. The standard InChI is InChI=1S/C22H21FN4O2/c1-24-21(29)22(13-16-7-2-4-9-18(16)23)14-26(15-22)20(28)17-8-3-5-10-19(17)27-12-6-11-25-27/h2-12H,13-15H2,1H3,(H,24,29). The number of carbonyl (C=O) groups excluding carboxylic acids is 2. The van der Waals surface area contributed by atoms with Crippen LogP contribution in [-0.2, 0) is 11.2 Å². The van der Waals surface area contributed by atoms with Gasteiger partial charge >= 0.3 is 0 Å². The average Bonchev–Trinajstić information content (AvgIpc) is 3.25. The molecule has 1 aliphatic rings. The van der Waals surface area contributed by atoms with Crippen LogP contribution in [0.1, 0.15) is 15.9 Å². The van der Waals surface area contributed by atoms with E-state index in [4.69, 9.17) is 0 Å². The fourth-order valence-corrected chi connectivity index (χ4v) is 3.87. The number of nitrogens with zero attached hydrogens (tertiary/aromatic N) is 3. The highest BCUT2D eigenvalue weighted by molar-refractivity contribution is 5.99. The maximum absolute atomic E-state index is 14.2. The van der Waals surface area contributed by atoms with Crippen molar-refractivity contribution >= 4 is 11.8 Å². The molecule has 148 valence electrons. The van der Waals surface area contributed by atoms with Crippen molar-refractivity contribution in [2.75, 3.05) is 20.1 Å². The lowest BCUT2D eigenvalue weighted by Crippen LogP contribution is -2.65. The molecule has 0 radical (unpaired) electrons. The van der Waals surface area contributed by atoms with Crippen LogP contribution in [0.25, 0.3) is 5.69 Å². The smallest absolute Gasteiger partial charge is 0.256 e. The van der Waals surface area contributed by atoms with Crippen molar-refractivity contribution < 1.29 is 14.0 Å². The summed E-state index contributed by atoms with van der Waals surface area (Å²) in [6.07, 6.45) is 3.66. The topological polar surface area (TPSA) is 67.2 Å². The van der Waals surface area contributed by atoms with Crippen LogP contribution in [0.5, 0.6) is 0 Å². The minimum atomic E-state index is -0.840. The maximum Gasteiger partial charge on any atom is 0.256 e. The Morgan fingerprint density at radius 2 is 1.83 bits per heavy atom. The molecule has 7 heteroatoms. The zero-order chi connectivity index (χ0) is 20.4. The number of amides is 2. The first-order valence-electron chi connectivity index (χ1n) is 9.38. The van der Waals surface area contributed by atoms with Gasteiger partial charge in [-0.15, -0.1) is 0 Å². The molecule has 0 saturated carbocycles. The maximum atomic E-state index is 14.2. The van der Waals surface area contributed by atoms with E-state index in [2.05, 4.69) is 10.4 Å². The van der Waals surface area contributed by atoms with Gasteiger partial charge in [0.05, 0.1) is 16.7 Å². The number of rotatable bonds is 5. The molecule has 0 unspecified atom stereocenters. The highest BCUT2D eigenvalue weighted by atomic mass is 19.1. The van der Waals surface area contributed by atoms with Gasteiger partial charge in [0.1, 0.15) is 5.82 Å². The van der Waals surface area contributed by atoms with Crippen molar-refractivity contribution in [2.24, 2.45) is 5.41 Å². The van der Waals surface area contributed by atoms with Gasteiger partial charge in [0, 0.05) is 32.5 Å². The van der Waals surface area contributed by atoms with Gasteiger partial charge in [0.25, 0.3) is 5.91 Å². The van der Waals surface area contributed by atoms with Gasteiger partial charge in [-0.1, -0.05) is 30.3 Å². The Morgan fingerprint density at radius 1 is 1.10 bits per heavy atom. The van der Waals surface area contributed by atoms with Gasteiger partial charge in [0.15, 0.2) is 0 Å². The highest BCUT2D eigenvalue weighted by Gasteiger charge is 2.51. The number of aromatic nitrogens is 2. The fourth-order valence-electron chi connectivity index (χ4n) is 3.87. The SMILES string of the molecule is CNC(=O)C1(Cc2ccccc2F)CN(C(=O)c2ccccc2-n2cccn2)C1. The normalized spacial score (nSPS) is 14.9. The summed E-state index contributed by atoms with van der Waals surface area (Å²) >= 11 is 0. The van der Waals surface area contributed by atoms with Crippen molar-refractivity contribution in [1.82, 2.24) is 20.0 Å². The van der Waals surface area contributed by atoms with E-state index in [1.807, 2.05) is 12.1 Å². The Hall–Kier alpha value is -3.48. The average molecular weight is 392 g/mol. The summed E-state index contributed by atoms with van der Waals surface area (Å²) in [6, 6.07) is 15.4. The van der Waals surface area contributed by atoms with Crippen LogP contribution in [0.4, 0.5) is 4.39 Å². The second-order valence-electron chi connectivity index (χ2n) is 7.26. The Kier molecular flexibility index (Phi) is 4.88. The van der Waals surface area contributed by atoms with Crippen LogP contribution in [0, 0.1) is 11.2 Å². The van der Waals surface area contributed by atoms with Crippen LogP contribution in [-0.4, -0.2) is 46.6 Å². The fraction of sp³-hybridized carbons (Fsp3) is 0.227. The van der Waals surface area contributed by atoms with Gasteiger partial charge in [0.2, 0.25) is 5.91 Å². The van der Waals surface area contributed by atoms with E-state index in [0.717, 1.165) is 0 Å². The van der Waals surface area contributed by atoms with Crippen LogP contribution < -0.4 is 5.32 Å². The summed E-state index contributed by atoms with van der Waals surface area (Å²) in [7, 11) is 1.56. The number of hydrogen-bond acceptors (Lipinski definition) is 3. The molecule has 29 heavy (non-hydrogen) atoms. The van der Waals surface area contributed by atoms with Crippen LogP contribution >= 0.6 is 0 Å². The summed E-state index contributed by atoms with van der Waals surface area (Å²) in [6.45, 7) is 0.459. The molecule has 3 aromatic rings. The first-order chi connectivity index (χ1) is 14.0. The van der Waals surface area contributed by atoms with Gasteiger partial charge in [-0.05, 0) is 36.2 Å². The molecule has 2 heterocycles. The van der Waals surface area contributed by atoms with Crippen LogP contribution in [0.15, 0.2) is 67.0 Å². The molecular formula is C22H21FN4O2. The molecule has 1 N–H and O–H groups in total. The van der Waals surface area contributed by atoms with E-state index >= 15 is 0 Å². The Labute approximate surface area is 167 Å². The first-order valence-corrected chi connectivity index (χ1v) is 9.38. The number of carbonyl (C=O) groups is 2. The van der Waals surface area contributed by atoms with Crippen molar-refractivity contribution in [3.63, 3.8) is 0 Å². The lowest BCUT2D eigenvalue weighted by atomic mass is 9.73. The van der Waals surface area contributed by atoms with Gasteiger partial charge in [-0.25, -0.2) is 9.07 Å². The number of likely N-dealkylation sites (tertiary alicyclic amines) is 1. The second-order valence-corrected chi connectivity index (χ2v) is 7.26. The molecule has 0 atom stereocenters. The Balaban J connectivity index is 1.58. The summed E-state index contributed by atoms with van der Waals surface area (Å²) < 4.78 is 15.8. The third kappa shape index (κ3) is 3.40. The number of benzene rings is 2. The molecule has 4 rings (SSSR count). The Morgan fingerprint density at radius 3 is 2.52 bits per heavy atom. The number of nitrogens with one attached hydrogen (secondary N) is 1. The van der Waals surface area contributed by atoms with E-state index in [1.54, 1.807) is 65.4 Å². The van der Waals surface area contributed by atoms with Gasteiger partial charge < -0.3 is 10.2 Å². The van der Waals surface area contributed by atoms with E-state index in [-0.39, 0.29) is 37.1 Å². The van der Waals surface area contributed by atoms with Gasteiger partial charge in [-0.3, -0.25) is 9.59 Å². The molecule has 1 saturated heterocycles. The van der Waals surface area contributed by atoms with Crippen molar-refractivity contribution in [1.29, 1.82) is 0 Å². The summed E-state index contributed by atoms with van der Waals surface area (Å²) in [4.78, 5) is 27.4. The third-order valence-corrected chi connectivity index (χ3v) is 5.36.